The predicted octanol–water partition coefficient (Wildman–Crippen LogP) is 3.44. The lowest BCUT2D eigenvalue weighted by Crippen LogP contribution is -2.40. The average Bonchev–Trinajstić information content (AvgIpc) is 2.62. The summed E-state index contributed by atoms with van der Waals surface area (Å²) in [5, 5.41) is 9.73. The number of hydrogen-bond acceptors (Lipinski definition) is 2. The third kappa shape index (κ3) is 1.97. The van der Waals surface area contributed by atoms with Crippen LogP contribution in [0.15, 0.2) is 31.0 Å². The van der Waals surface area contributed by atoms with Crippen LogP contribution in [0, 0.1) is 0 Å². The Labute approximate surface area is 108 Å². The van der Waals surface area contributed by atoms with Gasteiger partial charge in [0.15, 0.2) is 5.67 Å². The minimum atomic E-state index is -3.63. The van der Waals surface area contributed by atoms with E-state index in [0.717, 1.165) is 6.92 Å². The van der Waals surface area contributed by atoms with Crippen molar-refractivity contribution in [1.29, 1.82) is 0 Å². The molecule has 19 heavy (non-hydrogen) atoms. The van der Waals surface area contributed by atoms with Gasteiger partial charge < -0.3 is 5.11 Å². The molecule has 2 rings (SSSR count). The van der Waals surface area contributed by atoms with Gasteiger partial charge in [-0.3, -0.25) is 4.40 Å². The fourth-order valence-corrected chi connectivity index (χ4v) is 1.75. The van der Waals surface area contributed by atoms with Gasteiger partial charge in [-0.05, 0) is 19.1 Å². The van der Waals surface area contributed by atoms with E-state index in [1.165, 1.54) is 10.6 Å². The second-order valence-corrected chi connectivity index (χ2v) is 4.58. The maximum Gasteiger partial charge on any atom is 0.282 e. The van der Waals surface area contributed by atoms with Crippen LogP contribution in [-0.2, 0) is 0 Å². The number of halogens is 3. The van der Waals surface area contributed by atoms with Gasteiger partial charge in [0, 0.05) is 18.7 Å². The second-order valence-electron chi connectivity index (χ2n) is 4.58. The fraction of sp³-hybridized carbons (Fsp3) is 0.308. The Bertz CT molecular complexity index is 641. The molecular weight excluding hydrogens is 257 g/mol. The molecule has 2 aromatic heterocycles. The van der Waals surface area contributed by atoms with Gasteiger partial charge in [0.25, 0.3) is 5.92 Å². The highest BCUT2D eigenvalue weighted by Gasteiger charge is 2.50. The molecule has 0 aromatic carbocycles. The van der Waals surface area contributed by atoms with E-state index in [-0.39, 0.29) is 5.69 Å². The van der Waals surface area contributed by atoms with Gasteiger partial charge in [-0.25, -0.2) is 13.2 Å². The molecule has 0 aliphatic carbocycles. The van der Waals surface area contributed by atoms with Crippen LogP contribution in [0.4, 0.5) is 13.2 Å². The molecule has 0 amide bonds. The first-order valence-corrected chi connectivity index (χ1v) is 5.59. The maximum absolute atomic E-state index is 14.3. The molecule has 6 heteroatoms. The van der Waals surface area contributed by atoms with E-state index in [0.29, 0.717) is 12.6 Å². The first-order valence-electron chi connectivity index (χ1n) is 5.59. The first-order chi connectivity index (χ1) is 8.66. The van der Waals surface area contributed by atoms with Crippen LogP contribution >= 0.6 is 0 Å². The van der Waals surface area contributed by atoms with Gasteiger partial charge in [0.05, 0.1) is 0 Å². The molecular formula is C13H13F3N2O. The highest BCUT2D eigenvalue weighted by molar-refractivity contribution is 5.74. The zero-order valence-corrected chi connectivity index (χ0v) is 10.5. The van der Waals surface area contributed by atoms with Crippen LogP contribution in [0.1, 0.15) is 19.5 Å². The molecule has 1 unspecified atom stereocenters. The van der Waals surface area contributed by atoms with Gasteiger partial charge >= 0.3 is 0 Å². The summed E-state index contributed by atoms with van der Waals surface area (Å²) in [6.07, 6.45) is 1.49. The van der Waals surface area contributed by atoms with Gasteiger partial charge in [-0.1, -0.05) is 12.6 Å². The molecule has 2 aromatic rings. The summed E-state index contributed by atoms with van der Waals surface area (Å²) in [4.78, 5) is 3.78. The number of aromatic hydroxyl groups is 1. The van der Waals surface area contributed by atoms with Crippen LogP contribution < -0.4 is 0 Å². The standard InChI is InChI=1S/C13H13F3N2O/c1-8(12(2,14)13(3,15)16)10-11(19)17-9-6-4-5-7-18(9)10/h4-7,19H,1H2,2-3H3. The number of pyridine rings is 1. The Balaban J connectivity index is 2.63. The van der Waals surface area contributed by atoms with Crippen molar-refractivity contribution in [3.8, 4) is 5.88 Å². The van der Waals surface area contributed by atoms with Crippen LogP contribution in [0.5, 0.6) is 5.88 Å². The van der Waals surface area contributed by atoms with Crippen molar-refractivity contribution >= 4 is 11.2 Å². The molecule has 102 valence electrons. The normalized spacial score (nSPS) is 15.4. The summed E-state index contributed by atoms with van der Waals surface area (Å²) in [5.74, 6) is -4.15. The van der Waals surface area contributed by atoms with Crippen molar-refractivity contribution in [3.63, 3.8) is 0 Å². The Morgan fingerprint density at radius 1 is 1.32 bits per heavy atom. The van der Waals surface area contributed by atoms with E-state index in [2.05, 4.69) is 11.6 Å². The minimum absolute atomic E-state index is 0.151. The number of rotatable bonds is 3. The van der Waals surface area contributed by atoms with E-state index in [9.17, 15) is 18.3 Å². The number of hydrogen-bond donors (Lipinski definition) is 1. The quantitative estimate of drug-likeness (QED) is 0.927. The molecule has 0 aliphatic heterocycles. The van der Waals surface area contributed by atoms with E-state index >= 15 is 0 Å². The molecule has 0 aliphatic rings. The summed E-state index contributed by atoms with van der Waals surface area (Å²) in [5.41, 5.74) is -3.33. The highest BCUT2D eigenvalue weighted by atomic mass is 19.3. The topological polar surface area (TPSA) is 37.5 Å². The fourth-order valence-electron chi connectivity index (χ4n) is 1.75. The average molecular weight is 270 g/mol. The third-order valence-electron chi connectivity index (χ3n) is 3.19. The highest BCUT2D eigenvalue weighted by Crippen LogP contribution is 2.43. The van der Waals surface area contributed by atoms with Crippen molar-refractivity contribution in [2.45, 2.75) is 25.4 Å². The number of nitrogens with zero attached hydrogens (tertiary/aromatic N) is 2. The van der Waals surface area contributed by atoms with Gasteiger partial charge in [-0.2, -0.15) is 4.98 Å². The Morgan fingerprint density at radius 3 is 2.53 bits per heavy atom. The number of aromatic nitrogens is 2. The minimum Gasteiger partial charge on any atom is -0.492 e. The molecule has 0 fully saturated rings. The lowest BCUT2D eigenvalue weighted by atomic mass is 9.90. The molecule has 3 nitrogen and oxygen atoms in total. The van der Waals surface area contributed by atoms with Crippen molar-refractivity contribution in [2.24, 2.45) is 0 Å². The van der Waals surface area contributed by atoms with E-state index < -0.39 is 23.0 Å². The molecule has 2 heterocycles. The maximum atomic E-state index is 14.3. The Morgan fingerprint density at radius 2 is 1.95 bits per heavy atom. The molecule has 0 bridgehead atoms. The van der Waals surface area contributed by atoms with Crippen LogP contribution in [0.3, 0.4) is 0 Å². The molecule has 1 atom stereocenters. The summed E-state index contributed by atoms with van der Waals surface area (Å²) in [6.45, 7) is 4.57. The zero-order valence-electron chi connectivity index (χ0n) is 10.5. The van der Waals surface area contributed by atoms with Gasteiger partial charge in [0.1, 0.15) is 11.3 Å². The van der Waals surface area contributed by atoms with Gasteiger partial charge in [-0.15, -0.1) is 0 Å². The van der Waals surface area contributed by atoms with E-state index in [1.807, 2.05) is 0 Å². The summed E-state index contributed by atoms with van der Waals surface area (Å²) in [7, 11) is 0. The lowest BCUT2D eigenvalue weighted by molar-refractivity contribution is -0.0825. The zero-order chi connectivity index (χ0) is 14.4. The number of allylic oxidation sites excluding steroid dienone is 1. The van der Waals surface area contributed by atoms with Crippen LogP contribution in [0.2, 0.25) is 0 Å². The van der Waals surface area contributed by atoms with Crippen LogP contribution in [0.25, 0.3) is 11.2 Å². The summed E-state index contributed by atoms with van der Waals surface area (Å²) in [6, 6.07) is 4.85. The van der Waals surface area contributed by atoms with E-state index in [1.54, 1.807) is 18.2 Å². The molecule has 0 radical (unpaired) electrons. The second kappa shape index (κ2) is 4.01. The predicted molar refractivity (Wildman–Crippen MR) is 66.0 cm³/mol. The Kier molecular flexibility index (Phi) is 2.84. The van der Waals surface area contributed by atoms with Crippen LogP contribution in [-0.4, -0.2) is 26.1 Å². The number of fused-ring (bicyclic) bond motifs is 1. The third-order valence-corrected chi connectivity index (χ3v) is 3.19. The number of imidazole rings is 1. The smallest absolute Gasteiger partial charge is 0.282 e. The Hall–Kier alpha value is -1.98. The molecule has 0 saturated heterocycles. The van der Waals surface area contributed by atoms with Crippen molar-refractivity contribution in [1.82, 2.24) is 9.38 Å². The lowest BCUT2D eigenvalue weighted by Gasteiger charge is -2.28. The number of alkyl halides is 3. The molecule has 0 spiro atoms. The van der Waals surface area contributed by atoms with Gasteiger partial charge in [0.2, 0.25) is 5.88 Å². The molecule has 1 N–H and O–H groups in total. The van der Waals surface area contributed by atoms with Crippen molar-refractivity contribution in [3.05, 3.63) is 36.7 Å². The first kappa shape index (κ1) is 13.5. The summed E-state index contributed by atoms with van der Waals surface area (Å²) < 4.78 is 42.2. The SMILES string of the molecule is C=C(c1c(O)nc2ccccn12)C(C)(F)C(C)(F)F. The molecule has 0 saturated carbocycles. The van der Waals surface area contributed by atoms with Crippen molar-refractivity contribution in [2.75, 3.05) is 0 Å². The van der Waals surface area contributed by atoms with E-state index in [4.69, 9.17) is 0 Å². The largest absolute Gasteiger partial charge is 0.492 e. The van der Waals surface area contributed by atoms with Crippen molar-refractivity contribution < 1.29 is 18.3 Å². The summed E-state index contributed by atoms with van der Waals surface area (Å²) >= 11 is 0. The monoisotopic (exact) mass is 270 g/mol.